The Hall–Kier alpha value is -1.54. The van der Waals surface area contributed by atoms with Gasteiger partial charge >= 0.3 is 0 Å². The zero-order valence-electron chi connectivity index (χ0n) is 15.9. The Labute approximate surface area is 171 Å². The molecule has 4 saturated carbocycles. The quantitative estimate of drug-likeness (QED) is 0.645. The zero-order chi connectivity index (χ0) is 19.5. The summed E-state index contributed by atoms with van der Waals surface area (Å²) in [6.45, 7) is 2.19. The SMILES string of the molecule is CC(NC(=O)CSc1nc2[nH]c(=O)cc(O)c2s1)C12CC3CC(CC(C3)C1)C2. The summed E-state index contributed by atoms with van der Waals surface area (Å²) in [5.41, 5.74) is 0.296. The second kappa shape index (κ2) is 6.76. The van der Waals surface area contributed by atoms with Crippen LogP contribution in [0.3, 0.4) is 0 Å². The molecule has 6 nitrogen and oxygen atoms in total. The molecule has 0 radical (unpaired) electrons. The van der Waals surface area contributed by atoms with Gasteiger partial charge in [-0.05, 0) is 68.6 Å². The summed E-state index contributed by atoms with van der Waals surface area (Å²) >= 11 is 2.64. The maximum Gasteiger partial charge on any atom is 0.253 e. The van der Waals surface area contributed by atoms with Crippen molar-refractivity contribution in [1.29, 1.82) is 0 Å². The van der Waals surface area contributed by atoms with Crippen LogP contribution in [-0.2, 0) is 4.79 Å². The van der Waals surface area contributed by atoms with E-state index in [9.17, 15) is 14.7 Å². The average Bonchev–Trinajstić information content (AvgIpc) is 3.02. The molecule has 1 atom stereocenters. The lowest BCUT2D eigenvalue weighted by atomic mass is 9.48. The number of thiazole rings is 1. The Morgan fingerprint density at radius 3 is 2.64 bits per heavy atom. The topological polar surface area (TPSA) is 95.1 Å². The van der Waals surface area contributed by atoms with Crippen LogP contribution in [0.2, 0.25) is 0 Å². The molecule has 1 amide bonds. The standard InChI is InChI=1S/C20H25N3O3S2/c1-10(20-6-11-2-12(7-20)4-13(3-11)8-20)21-16(26)9-27-19-23-18-17(28-19)14(24)5-15(25)22-18/h5,10-13H,2-4,6-9H2,1H3,(H,21,26)(H2,22,24,25). The molecule has 4 fully saturated rings. The first-order valence-corrected chi connectivity index (χ1v) is 11.9. The lowest BCUT2D eigenvalue weighted by molar-refractivity contribution is -0.123. The van der Waals surface area contributed by atoms with Crippen molar-refractivity contribution in [3.05, 3.63) is 16.4 Å². The molecular formula is C20H25N3O3S2. The number of rotatable bonds is 5. The Kier molecular flexibility index (Phi) is 4.46. The molecule has 2 aromatic heterocycles. The number of carbonyl (C=O) groups excluding carboxylic acids is 1. The van der Waals surface area contributed by atoms with Crippen molar-refractivity contribution < 1.29 is 9.90 Å². The molecule has 0 saturated heterocycles. The number of hydrogen-bond acceptors (Lipinski definition) is 6. The van der Waals surface area contributed by atoms with Crippen molar-refractivity contribution in [2.24, 2.45) is 23.2 Å². The molecule has 3 N–H and O–H groups in total. The van der Waals surface area contributed by atoms with Crippen LogP contribution in [0.1, 0.15) is 45.4 Å². The van der Waals surface area contributed by atoms with E-state index in [2.05, 4.69) is 22.2 Å². The third-order valence-electron chi connectivity index (χ3n) is 7.06. The van der Waals surface area contributed by atoms with E-state index in [0.717, 1.165) is 23.8 Å². The summed E-state index contributed by atoms with van der Waals surface area (Å²) in [5.74, 6) is 2.88. The van der Waals surface area contributed by atoms with Gasteiger partial charge in [0, 0.05) is 12.1 Å². The highest BCUT2D eigenvalue weighted by atomic mass is 32.2. The van der Waals surface area contributed by atoms with Crippen molar-refractivity contribution in [2.75, 3.05) is 5.75 Å². The lowest BCUT2D eigenvalue weighted by Gasteiger charge is -2.59. The fourth-order valence-electron chi connectivity index (χ4n) is 6.23. The minimum absolute atomic E-state index is 0.0326. The van der Waals surface area contributed by atoms with Crippen LogP contribution in [0.15, 0.2) is 15.2 Å². The molecule has 0 spiro atoms. The van der Waals surface area contributed by atoms with Crippen molar-refractivity contribution in [1.82, 2.24) is 15.3 Å². The van der Waals surface area contributed by atoms with Gasteiger partial charge in [-0.25, -0.2) is 4.98 Å². The fraction of sp³-hybridized carbons (Fsp3) is 0.650. The second-order valence-corrected chi connectivity index (χ2v) is 11.3. The largest absolute Gasteiger partial charge is 0.506 e. The van der Waals surface area contributed by atoms with E-state index in [4.69, 9.17) is 0 Å². The minimum Gasteiger partial charge on any atom is -0.506 e. The average molecular weight is 420 g/mol. The summed E-state index contributed by atoms with van der Waals surface area (Å²) in [6.07, 6.45) is 8.04. The smallest absolute Gasteiger partial charge is 0.253 e. The van der Waals surface area contributed by atoms with Crippen molar-refractivity contribution >= 4 is 39.4 Å². The number of hydrogen-bond donors (Lipinski definition) is 3. The number of fused-ring (bicyclic) bond motifs is 1. The van der Waals surface area contributed by atoms with Gasteiger partial charge in [-0.2, -0.15) is 0 Å². The van der Waals surface area contributed by atoms with E-state index in [1.807, 2.05) is 0 Å². The Balaban J connectivity index is 1.22. The molecule has 28 heavy (non-hydrogen) atoms. The lowest BCUT2D eigenvalue weighted by Crippen LogP contribution is -2.56. The molecule has 6 rings (SSSR count). The van der Waals surface area contributed by atoms with Gasteiger partial charge in [0.15, 0.2) is 9.99 Å². The van der Waals surface area contributed by atoms with E-state index >= 15 is 0 Å². The molecule has 0 aromatic carbocycles. The first-order chi connectivity index (χ1) is 13.4. The highest BCUT2D eigenvalue weighted by molar-refractivity contribution is 8.01. The molecule has 0 aliphatic heterocycles. The van der Waals surface area contributed by atoms with Gasteiger partial charge in [0.1, 0.15) is 10.4 Å². The van der Waals surface area contributed by atoms with Gasteiger partial charge in [-0.3, -0.25) is 9.59 Å². The van der Waals surface area contributed by atoms with Gasteiger partial charge in [0.05, 0.1) is 5.75 Å². The Morgan fingerprint density at radius 2 is 2.00 bits per heavy atom. The summed E-state index contributed by atoms with van der Waals surface area (Å²) < 4.78 is 1.22. The van der Waals surface area contributed by atoms with Crippen molar-refractivity contribution in [3.8, 4) is 5.75 Å². The molecule has 4 aliphatic carbocycles. The fourth-order valence-corrected chi connectivity index (χ4v) is 8.06. The van der Waals surface area contributed by atoms with Gasteiger partial charge in [-0.1, -0.05) is 11.8 Å². The number of nitrogens with one attached hydrogen (secondary N) is 2. The summed E-state index contributed by atoms with van der Waals surface area (Å²) in [5, 5.41) is 13.1. The monoisotopic (exact) mass is 419 g/mol. The Morgan fingerprint density at radius 1 is 1.36 bits per heavy atom. The number of pyridine rings is 1. The number of nitrogens with zero attached hydrogens (tertiary/aromatic N) is 1. The predicted octanol–water partition coefficient (Wildman–Crippen LogP) is 3.50. The minimum atomic E-state index is -0.381. The van der Waals surface area contributed by atoms with Crippen LogP contribution in [-0.4, -0.2) is 32.8 Å². The van der Waals surface area contributed by atoms with Crippen LogP contribution >= 0.6 is 23.1 Å². The molecule has 2 heterocycles. The molecular weight excluding hydrogens is 394 g/mol. The van der Waals surface area contributed by atoms with Crippen LogP contribution in [0.5, 0.6) is 5.75 Å². The number of aromatic amines is 1. The van der Waals surface area contributed by atoms with Gasteiger partial charge in [-0.15, -0.1) is 11.3 Å². The summed E-state index contributed by atoms with van der Waals surface area (Å²) in [6, 6.07) is 1.36. The Bertz CT molecular complexity index is 947. The maximum absolute atomic E-state index is 12.6. The second-order valence-electron chi connectivity index (χ2n) is 9.03. The number of aromatic hydroxyl groups is 1. The van der Waals surface area contributed by atoms with Crippen LogP contribution < -0.4 is 10.9 Å². The third kappa shape index (κ3) is 3.24. The number of carbonyl (C=O) groups is 1. The van der Waals surface area contributed by atoms with Crippen LogP contribution in [0, 0.1) is 23.2 Å². The summed E-state index contributed by atoms with van der Waals surface area (Å²) in [4.78, 5) is 31.0. The number of H-pyrrole nitrogens is 1. The molecule has 1 unspecified atom stereocenters. The number of amides is 1. The third-order valence-corrected chi connectivity index (χ3v) is 9.28. The zero-order valence-corrected chi connectivity index (χ0v) is 17.5. The van der Waals surface area contributed by atoms with E-state index in [1.54, 1.807) is 0 Å². The van der Waals surface area contributed by atoms with Crippen LogP contribution in [0.25, 0.3) is 10.3 Å². The molecule has 8 heteroatoms. The highest BCUT2D eigenvalue weighted by Gasteiger charge is 2.53. The van der Waals surface area contributed by atoms with E-state index in [0.29, 0.717) is 25.9 Å². The predicted molar refractivity (Wildman–Crippen MR) is 111 cm³/mol. The van der Waals surface area contributed by atoms with E-state index < -0.39 is 0 Å². The molecule has 2 aromatic rings. The van der Waals surface area contributed by atoms with Crippen molar-refractivity contribution in [3.63, 3.8) is 0 Å². The highest BCUT2D eigenvalue weighted by Crippen LogP contribution is 2.61. The molecule has 4 bridgehead atoms. The van der Waals surface area contributed by atoms with Crippen molar-refractivity contribution in [2.45, 2.75) is 55.8 Å². The number of thioether (sulfide) groups is 1. The molecule has 4 aliphatic rings. The number of aromatic nitrogens is 2. The van der Waals surface area contributed by atoms with Gasteiger partial charge in [0.2, 0.25) is 5.91 Å². The van der Waals surface area contributed by atoms with Gasteiger partial charge in [0.25, 0.3) is 5.56 Å². The van der Waals surface area contributed by atoms with Crippen LogP contribution in [0.4, 0.5) is 0 Å². The van der Waals surface area contributed by atoms with E-state index in [1.165, 1.54) is 61.6 Å². The molecule has 150 valence electrons. The normalized spacial score (nSPS) is 32.0. The first kappa shape index (κ1) is 18.5. The van der Waals surface area contributed by atoms with Gasteiger partial charge < -0.3 is 15.4 Å². The maximum atomic E-state index is 12.6. The van der Waals surface area contributed by atoms with E-state index in [-0.39, 0.29) is 23.3 Å². The summed E-state index contributed by atoms with van der Waals surface area (Å²) in [7, 11) is 0. The first-order valence-electron chi connectivity index (χ1n) is 10.1.